The Morgan fingerprint density at radius 3 is 2.33 bits per heavy atom. The summed E-state index contributed by atoms with van der Waals surface area (Å²) in [5.74, 6) is 0.331. The first-order valence-electron chi connectivity index (χ1n) is 16.5. The van der Waals surface area contributed by atoms with Gasteiger partial charge in [-0.2, -0.15) is 4.31 Å². The van der Waals surface area contributed by atoms with Gasteiger partial charge >= 0.3 is 0 Å². The van der Waals surface area contributed by atoms with Crippen LogP contribution in [0.4, 0.5) is 0 Å². The molecule has 260 valence electrons. The van der Waals surface area contributed by atoms with Crippen LogP contribution >= 0.6 is 0 Å². The molecular formula is C35H45N3O8S2. The number of benzene rings is 3. The molecule has 2 atom stereocenters. The lowest BCUT2D eigenvalue weighted by Crippen LogP contribution is -2.47. The molecule has 48 heavy (non-hydrogen) atoms. The highest BCUT2D eigenvalue weighted by atomic mass is 32.2. The molecular weight excluding hydrogens is 655 g/mol. The lowest BCUT2D eigenvalue weighted by atomic mass is 9.88. The summed E-state index contributed by atoms with van der Waals surface area (Å²) < 4.78 is 65.5. The smallest absolute Gasteiger partial charge is 0.243 e. The Kier molecular flexibility index (Phi) is 10.3. The number of hydrogen-bond acceptors (Lipinski definition) is 10. The second-order valence-corrected chi connectivity index (χ2v) is 17.5. The second kappa shape index (κ2) is 14.2. The van der Waals surface area contributed by atoms with Gasteiger partial charge in [-0.25, -0.2) is 16.8 Å². The van der Waals surface area contributed by atoms with Crippen LogP contribution in [-0.2, 0) is 31.0 Å². The summed E-state index contributed by atoms with van der Waals surface area (Å²) in [7, 11) is -7.36. The minimum Gasteiger partial charge on any atom is -0.491 e. The van der Waals surface area contributed by atoms with E-state index >= 15 is 0 Å². The Morgan fingerprint density at radius 2 is 1.65 bits per heavy atom. The Balaban J connectivity index is 0.973. The van der Waals surface area contributed by atoms with Crippen molar-refractivity contribution in [1.29, 1.82) is 0 Å². The van der Waals surface area contributed by atoms with Crippen molar-refractivity contribution in [3.05, 3.63) is 78.4 Å². The maximum Gasteiger partial charge on any atom is 0.243 e. The highest BCUT2D eigenvalue weighted by Gasteiger charge is 2.54. The molecule has 2 saturated heterocycles. The van der Waals surface area contributed by atoms with Crippen LogP contribution in [0.2, 0.25) is 0 Å². The van der Waals surface area contributed by atoms with Crippen molar-refractivity contribution in [3.8, 4) is 16.9 Å². The van der Waals surface area contributed by atoms with Crippen LogP contribution in [-0.4, -0.2) is 99.8 Å². The first-order valence-corrected chi connectivity index (χ1v) is 19.4. The average molecular weight is 700 g/mol. The van der Waals surface area contributed by atoms with Gasteiger partial charge in [-0.3, -0.25) is 0 Å². The standard InChI is InChI=1S/C35H45N3O8S2/c36-16-11-26-7-9-27(10-8-26)28-3-1-6-33(19-28)48(43,44)38-17-14-34(15-18-38)21-29(23-46-34)37-22-30(40)24-45-31-4-2-5-32(20-31)47(41,42)35(25-39)12-13-35/h1-10,19-20,29-30,37,39-40H,11-18,21-25,36H2/t29-,30?/m1/s1. The normalized spacial score (nSPS) is 21.3. The molecule has 0 radical (unpaired) electrons. The summed E-state index contributed by atoms with van der Waals surface area (Å²) in [5.41, 5.74) is 8.17. The minimum atomic E-state index is -3.68. The van der Waals surface area contributed by atoms with E-state index < -0.39 is 42.9 Å². The average Bonchev–Trinajstić information content (AvgIpc) is 3.83. The van der Waals surface area contributed by atoms with Crippen molar-refractivity contribution < 1.29 is 36.5 Å². The fourth-order valence-electron chi connectivity index (χ4n) is 6.66. The van der Waals surface area contributed by atoms with E-state index in [9.17, 15) is 27.0 Å². The minimum absolute atomic E-state index is 0.00240. The summed E-state index contributed by atoms with van der Waals surface area (Å²) >= 11 is 0. The number of aliphatic hydroxyl groups is 2. The number of ether oxygens (including phenoxy) is 2. The molecule has 0 aromatic heterocycles. The maximum atomic E-state index is 13.6. The van der Waals surface area contributed by atoms with Gasteiger partial charge in [-0.15, -0.1) is 0 Å². The molecule has 1 spiro atoms. The van der Waals surface area contributed by atoms with Gasteiger partial charge < -0.3 is 30.7 Å². The molecule has 1 saturated carbocycles. The zero-order valence-corrected chi connectivity index (χ0v) is 28.6. The van der Waals surface area contributed by atoms with Crippen LogP contribution in [0.25, 0.3) is 11.1 Å². The van der Waals surface area contributed by atoms with E-state index in [1.54, 1.807) is 34.6 Å². The first-order chi connectivity index (χ1) is 23.0. The third-order valence-corrected chi connectivity index (χ3v) is 14.3. The topological polar surface area (TPSA) is 168 Å². The summed E-state index contributed by atoms with van der Waals surface area (Å²) in [6.45, 7) is 1.56. The van der Waals surface area contributed by atoms with E-state index in [0.717, 1.165) is 23.1 Å². The number of sulfonamides is 1. The SMILES string of the molecule is NCCc1ccc(-c2cccc(S(=O)(=O)N3CCC4(CC3)C[C@@H](NCC(O)COc3cccc(S(=O)(=O)C5(CO)CC5)c3)CO4)c2)cc1. The third-order valence-electron chi connectivity index (χ3n) is 9.90. The Bertz CT molecular complexity index is 1790. The van der Waals surface area contributed by atoms with Gasteiger partial charge in [-0.1, -0.05) is 42.5 Å². The van der Waals surface area contributed by atoms with Gasteiger partial charge in [0, 0.05) is 25.7 Å². The van der Waals surface area contributed by atoms with E-state index in [0.29, 0.717) is 64.1 Å². The van der Waals surface area contributed by atoms with Gasteiger partial charge in [-0.05, 0) is 92.1 Å². The molecule has 6 rings (SSSR count). The van der Waals surface area contributed by atoms with E-state index in [4.69, 9.17) is 15.2 Å². The third kappa shape index (κ3) is 7.34. The molecule has 1 aliphatic carbocycles. The number of piperidine rings is 1. The quantitative estimate of drug-likeness (QED) is 0.196. The van der Waals surface area contributed by atoms with Crippen molar-refractivity contribution in [3.63, 3.8) is 0 Å². The fraction of sp³-hybridized carbons (Fsp3) is 0.486. The molecule has 3 aromatic carbocycles. The fourth-order valence-corrected chi connectivity index (χ4v) is 9.99. The van der Waals surface area contributed by atoms with Crippen LogP contribution in [0.1, 0.15) is 37.7 Å². The molecule has 0 bridgehead atoms. The largest absolute Gasteiger partial charge is 0.491 e. The predicted molar refractivity (Wildman–Crippen MR) is 182 cm³/mol. The molecule has 2 aliphatic heterocycles. The summed E-state index contributed by atoms with van der Waals surface area (Å²) in [6.07, 6.45) is 2.68. The molecule has 1 unspecified atom stereocenters. The molecule has 2 heterocycles. The van der Waals surface area contributed by atoms with Crippen molar-refractivity contribution in [1.82, 2.24) is 9.62 Å². The Hall–Kier alpha value is -2.88. The zero-order valence-electron chi connectivity index (χ0n) is 27.0. The number of rotatable bonds is 14. The first kappa shape index (κ1) is 35.0. The number of nitrogens with one attached hydrogen (secondary N) is 1. The number of aliphatic hydroxyl groups excluding tert-OH is 2. The van der Waals surface area contributed by atoms with E-state index in [1.807, 2.05) is 30.3 Å². The molecule has 5 N–H and O–H groups in total. The van der Waals surface area contributed by atoms with Crippen LogP contribution < -0.4 is 15.8 Å². The molecule has 3 aliphatic rings. The van der Waals surface area contributed by atoms with Crippen molar-refractivity contribution >= 4 is 19.9 Å². The number of hydrogen-bond donors (Lipinski definition) is 4. The molecule has 3 aromatic rings. The number of nitrogens with two attached hydrogens (primary N) is 1. The number of nitrogens with zero attached hydrogens (tertiary/aromatic N) is 1. The lowest BCUT2D eigenvalue weighted by molar-refractivity contribution is -0.0312. The van der Waals surface area contributed by atoms with Gasteiger partial charge in [0.15, 0.2) is 9.84 Å². The van der Waals surface area contributed by atoms with Gasteiger partial charge in [0.2, 0.25) is 10.0 Å². The van der Waals surface area contributed by atoms with Crippen LogP contribution in [0.15, 0.2) is 82.6 Å². The van der Waals surface area contributed by atoms with E-state index in [-0.39, 0.29) is 29.0 Å². The van der Waals surface area contributed by atoms with Crippen molar-refractivity contribution in [2.45, 2.75) is 70.8 Å². The highest BCUT2D eigenvalue weighted by Crippen LogP contribution is 2.46. The molecule has 13 heteroatoms. The molecule has 11 nitrogen and oxygen atoms in total. The predicted octanol–water partition coefficient (Wildman–Crippen LogP) is 2.50. The molecule has 0 amide bonds. The van der Waals surface area contributed by atoms with Gasteiger partial charge in [0.25, 0.3) is 0 Å². The summed E-state index contributed by atoms with van der Waals surface area (Å²) in [6, 6.07) is 21.3. The lowest BCUT2D eigenvalue weighted by Gasteiger charge is -2.38. The van der Waals surface area contributed by atoms with Crippen LogP contribution in [0, 0.1) is 0 Å². The van der Waals surface area contributed by atoms with Crippen LogP contribution in [0.5, 0.6) is 5.75 Å². The zero-order chi connectivity index (χ0) is 34.0. The summed E-state index contributed by atoms with van der Waals surface area (Å²) in [4.78, 5) is 0.375. The molecule has 3 fully saturated rings. The number of sulfone groups is 1. The van der Waals surface area contributed by atoms with E-state index in [2.05, 4.69) is 5.32 Å². The summed E-state index contributed by atoms with van der Waals surface area (Å²) in [5, 5.41) is 23.5. The maximum absolute atomic E-state index is 13.6. The monoisotopic (exact) mass is 699 g/mol. The van der Waals surface area contributed by atoms with E-state index in [1.165, 1.54) is 12.1 Å². The van der Waals surface area contributed by atoms with Crippen molar-refractivity contribution in [2.75, 3.05) is 46.0 Å². The van der Waals surface area contributed by atoms with Gasteiger partial charge in [0.05, 0.1) is 33.4 Å². The second-order valence-electron chi connectivity index (χ2n) is 13.3. The van der Waals surface area contributed by atoms with Crippen LogP contribution in [0.3, 0.4) is 0 Å². The highest BCUT2D eigenvalue weighted by molar-refractivity contribution is 7.93. The van der Waals surface area contributed by atoms with Crippen molar-refractivity contribution in [2.24, 2.45) is 5.73 Å². The Morgan fingerprint density at radius 1 is 0.938 bits per heavy atom. The van der Waals surface area contributed by atoms with Gasteiger partial charge in [0.1, 0.15) is 18.5 Å². The Labute approximate surface area is 283 Å².